The number of benzene rings is 1. The maximum absolute atomic E-state index is 9.52. The monoisotopic (exact) mass is 177 g/mol. The van der Waals surface area contributed by atoms with Gasteiger partial charge < -0.3 is 5.11 Å². The van der Waals surface area contributed by atoms with E-state index >= 15 is 0 Å². The summed E-state index contributed by atoms with van der Waals surface area (Å²) in [5.74, 6) is 0. The van der Waals surface area contributed by atoms with E-state index < -0.39 is 5.60 Å². The van der Waals surface area contributed by atoms with Crippen molar-refractivity contribution in [1.82, 2.24) is 4.90 Å². The van der Waals surface area contributed by atoms with Crippen LogP contribution in [0, 0.1) is 0 Å². The van der Waals surface area contributed by atoms with Gasteiger partial charge in [-0.3, -0.25) is 4.90 Å². The summed E-state index contributed by atoms with van der Waals surface area (Å²) in [5.41, 5.74) is 0.868. The average Bonchev–Trinajstić information content (AvgIpc) is 2.03. The zero-order chi connectivity index (χ0) is 9.31. The SMILES string of the molecule is CC1(O)CN(Cc2ccccc2)C1. The predicted octanol–water partition coefficient (Wildman–Crippen LogP) is 1.25. The summed E-state index contributed by atoms with van der Waals surface area (Å²) in [5, 5.41) is 9.52. The van der Waals surface area contributed by atoms with E-state index in [0.717, 1.165) is 19.6 Å². The molecule has 0 aliphatic carbocycles. The third-order valence-corrected chi connectivity index (χ3v) is 2.38. The molecule has 1 N–H and O–H groups in total. The molecular weight excluding hydrogens is 162 g/mol. The Labute approximate surface area is 78.8 Å². The lowest BCUT2D eigenvalue weighted by Crippen LogP contribution is -2.59. The summed E-state index contributed by atoms with van der Waals surface area (Å²) in [6.07, 6.45) is 0. The summed E-state index contributed by atoms with van der Waals surface area (Å²) in [4.78, 5) is 2.25. The highest BCUT2D eigenvalue weighted by Gasteiger charge is 2.35. The number of nitrogens with zero attached hydrogens (tertiary/aromatic N) is 1. The van der Waals surface area contributed by atoms with Gasteiger partial charge in [-0.2, -0.15) is 0 Å². The minimum Gasteiger partial charge on any atom is -0.388 e. The molecule has 0 saturated carbocycles. The van der Waals surface area contributed by atoms with Gasteiger partial charge in [0.15, 0.2) is 0 Å². The van der Waals surface area contributed by atoms with Gasteiger partial charge in [-0.15, -0.1) is 0 Å². The maximum atomic E-state index is 9.52. The largest absolute Gasteiger partial charge is 0.388 e. The van der Waals surface area contributed by atoms with E-state index in [0.29, 0.717) is 0 Å². The van der Waals surface area contributed by atoms with Crippen molar-refractivity contribution < 1.29 is 5.11 Å². The van der Waals surface area contributed by atoms with Crippen LogP contribution in [-0.4, -0.2) is 28.7 Å². The van der Waals surface area contributed by atoms with Crippen molar-refractivity contribution in [2.45, 2.75) is 19.1 Å². The molecule has 2 nitrogen and oxygen atoms in total. The molecule has 2 rings (SSSR count). The molecule has 0 bridgehead atoms. The van der Waals surface area contributed by atoms with Crippen LogP contribution in [-0.2, 0) is 6.54 Å². The van der Waals surface area contributed by atoms with Gasteiger partial charge in [0.25, 0.3) is 0 Å². The van der Waals surface area contributed by atoms with Crippen molar-refractivity contribution in [2.24, 2.45) is 0 Å². The molecule has 1 aromatic rings. The van der Waals surface area contributed by atoms with Gasteiger partial charge in [0.05, 0.1) is 5.60 Å². The highest BCUT2D eigenvalue weighted by atomic mass is 16.3. The minimum atomic E-state index is -0.450. The standard InChI is InChI=1S/C11H15NO/c1-11(13)8-12(9-11)7-10-5-3-2-4-6-10/h2-6,13H,7-9H2,1H3. The number of likely N-dealkylation sites (tertiary alicyclic amines) is 1. The van der Waals surface area contributed by atoms with Gasteiger partial charge in [0.1, 0.15) is 0 Å². The summed E-state index contributed by atoms with van der Waals surface area (Å²) >= 11 is 0. The molecule has 0 aromatic heterocycles. The molecule has 1 aliphatic heterocycles. The third-order valence-electron chi connectivity index (χ3n) is 2.38. The number of aliphatic hydroxyl groups is 1. The first-order chi connectivity index (χ1) is 6.16. The lowest BCUT2D eigenvalue weighted by Gasteiger charge is -2.44. The molecule has 0 radical (unpaired) electrons. The van der Waals surface area contributed by atoms with Crippen molar-refractivity contribution >= 4 is 0 Å². The van der Waals surface area contributed by atoms with E-state index in [-0.39, 0.29) is 0 Å². The van der Waals surface area contributed by atoms with Gasteiger partial charge in [0.2, 0.25) is 0 Å². The molecule has 1 saturated heterocycles. The third kappa shape index (κ3) is 2.08. The van der Waals surface area contributed by atoms with Crippen LogP contribution >= 0.6 is 0 Å². The van der Waals surface area contributed by atoms with Crippen LogP contribution in [0.2, 0.25) is 0 Å². The van der Waals surface area contributed by atoms with E-state index in [1.165, 1.54) is 5.56 Å². The number of hydrogen-bond acceptors (Lipinski definition) is 2. The highest BCUT2D eigenvalue weighted by Crippen LogP contribution is 2.21. The smallest absolute Gasteiger partial charge is 0.0872 e. The number of rotatable bonds is 2. The highest BCUT2D eigenvalue weighted by molar-refractivity contribution is 5.15. The van der Waals surface area contributed by atoms with Crippen LogP contribution < -0.4 is 0 Å². The summed E-state index contributed by atoms with van der Waals surface area (Å²) in [6, 6.07) is 10.4. The second kappa shape index (κ2) is 3.13. The lowest BCUT2D eigenvalue weighted by atomic mass is 9.96. The molecule has 1 aliphatic rings. The zero-order valence-corrected chi connectivity index (χ0v) is 7.90. The molecule has 0 spiro atoms. The van der Waals surface area contributed by atoms with Gasteiger partial charge in [-0.1, -0.05) is 30.3 Å². The fourth-order valence-electron chi connectivity index (χ4n) is 1.87. The van der Waals surface area contributed by atoms with E-state index in [9.17, 15) is 5.11 Å². The van der Waals surface area contributed by atoms with Crippen LogP contribution in [0.5, 0.6) is 0 Å². The Kier molecular flexibility index (Phi) is 2.10. The first-order valence-electron chi connectivity index (χ1n) is 4.64. The molecule has 0 amide bonds. The Morgan fingerprint density at radius 2 is 1.92 bits per heavy atom. The van der Waals surface area contributed by atoms with E-state index in [1.807, 2.05) is 25.1 Å². The first-order valence-corrected chi connectivity index (χ1v) is 4.64. The molecule has 1 fully saturated rings. The summed E-state index contributed by atoms with van der Waals surface area (Å²) < 4.78 is 0. The second-order valence-electron chi connectivity index (χ2n) is 4.13. The Morgan fingerprint density at radius 1 is 1.31 bits per heavy atom. The Hall–Kier alpha value is -0.860. The van der Waals surface area contributed by atoms with Crippen molar-refractivity contribution in [2.75, 3.05) is 13.1 Å². The van der Waals surface area contributed by atoms with Gasteiger partial charge in [-0.05, 0) is 12.5 Å². The maximum Gasteiger partial charge on any atom is 0.0872 e. The van der Waals surface area contributed by atoms with Crippen LogP contribution in [0.4, 0.5) is 0 Å². The first kappa shape index (κ1) is 8.73. The Balaban J connectivity index is 1.88. The topological polar surface area (TPSA) is 23.5 Å². The Bertz CT molecular complexity index is 273. The molecule has 70 valence electrons. The lowest BCUT2D eigenvalue weighted by molar-refractivity contribution is -0.0871. The molecule has 1 heterocycles. The zero-order valence-electron chi connectivity index (χ0n) is 7.90. The molecule has 0 atom stereocenters. The van der Waals surface area contributed by atoms with Crippen LogP contribution in [0.3, 0.4) is 0 Å². The van der Waals surface area contributed by atoms with Crippen molar-refractivity contribution in [3.05, 3.63) is 35.9 Å². The molecular formula is C11H15NO. The van der Waals surface area contributed by atoms with Crippen molar-refractivity contribution in [3.63, 3.8) is 0 Å². The number of β-amino-alcohol motifs (C(OH)–C–C–N with tert-alkyl or cyclic N) is 1. The molecule has 1 aromatic carbocycles. The fourth-order valence-corrected chi connectivity index (χ4v) is 1.87. The molecule has 0 unspecified atom stereocenters. The van der Waals surface area contributed by atoms with Gasteiger partial charge in [-0.25, -0.2) is 0 Å². The van der Waals surface area contributed by atoms with Crippen LogP contribution in [0.25, 0.3) is 0 Å². The normalized spacial score (nSPS) is 21.1. The fraction of sp³-hybridized carbons (Fsp3) is 0.455. The summed E-state index contributed by atoms with van der Waals surface area (Å²) in [6.45, 7) is 4.43. The Morgan fingerprint density at radius 3 is 2.46 bits per heavy atom. The minimum absolute atomic E-state index is 0.450. The summed E-state index contributed by atoms with van der Waals surface area (Å²) in [7, 11) is 0. The predicted molar refractivity (Wildman–Crippen MR) is 52.3 cm³/mol. The van der Waals surface area contributed by atoms with Gasteiger partial charge in [0, 0.05) is 19.6 Å². The average molecular weight is 177 g/mol. The quantitative estimate of drug-likeness (QED) is 0.735. The van der Waals surface area contributed by atoms with E-state index in [4.69, 9.17) is 0 Å². The van der Waals surface area contributed by atoms with Crippen molar-refractivity contribution in [1.29, 1.82) is 0 Å². The van der Waals surface area contributed by atoms with Gasteiger partial charge >= 0.3 is 0 Å². The van der Waals surface area contributed by atoms with E-state index in [2.05, 4.69) is 17.0 Å². The second-order valence-corrected chi connectivity index (χ2v) is 4.13. The van der Waals surface area contributed by atoms with Crippen LogP contribution in [0.15, 0.2) is 30.3 Å². The molecule has 13 heavy (non-hydrogen) atoms. The molecule has 2 heteroatoms. The van der Waals surface area contributed by atoms with Crippen molar-refractivity contribution in [3.8, 4) is 0 Å². The van der Waals surface area contributed by atoms with E-state index in [1.54, 1.807) is 0 Å². The number of hydrogen-bond donors (Lipinski definition) is 1. The van der Waals surface area contributed by atoms with Crippen LogP contribution in [0.1, 0.15) is 12.5 Å².